The van der Waals surface area contributed by atoms with Gasteiger partial charge in [-0.1, -0.05) is 6.07 Å². The highest BCUT2D eigenvalue weighted by molar-refractivity contribution is 6.11. The second kappa shape index (κ2) is 10.3. The molecule has 0 aromatic heterocycles. The molecule has 3 N–H and O–H groups in total. The van der Waals surface area contributed by atoms with Crippen molar-refractivity contribution in [2.45, 2.75) is 32.7 Å². The molecule has 1 fully saturated rings. The van der Waals surface area contributed by atoms with E-state index in [0.29, 0.717) is 30.4 Å². The molecule has 0 spiro atoms. The van der Waals surface area contributed by atoms with Gasteiger partial charge in [-0.05, 0) is 80.3 Å². The number of halogens is 1. The second-order valence-corrected chi connectivity index (χ2v) is 8.76. The standard InChI is InChI=1S/C26H31FN6O2/c1-17(29)15-31(16-28)23-11-6-19(14-24(23)35-3)13-20-5-4-12-32-25(20)30-26(34)18(2)33(32)22-9-7-21(27)8-10-22/h6-11,13-14,18,29H,4-5,12,15-16,28H2,1-3H3. The topological polar surface area (TPSA) is 98.2 Å². The van der Waals surface area contributed by atoms with Gasteiger partial charge in [0.05, 0.1) is 31.7 Å². The van der Waals surface area contributed by atoms with Gasteiger partial charge in [-0.2, -0.15) is 4.99 Å². The molecule has 0 bridgehead atoms. The molecule has 1 unspecified atom stereocenters. The zero-order valence-corrected chi connectivity index (χ0v) is 20.3. The van der Waals surface area contributed by atoms with Crippen LogP contribution in [0.5, 0.6) is 5.75 Å². The minimum atomic E-state index is -0.484. The molecule has 4 rings (SSSR count). The van der Waals surface area contributed by atoms with Gasteiger partial charge in [0.1, 0.15) is 17.6 Å². The van der Waals surface area contributed by atoms with E-state index in [4.69, 9.17) is 15.9 Å². The summed E-state index contributed by atoms with van der Waals surface area (Å²) >= 11 is 0. The van der Waals surface area contributed by atoms with Crippen LogP contribution in [0, 0.1) is 11.2 Å². The van der Waals surface area contributed by atoms with Crippen molar-refractivity contribution >= 4 is 34.9 Å². The summed E-state index contributed by atoms with van der Waals surface area (Å²) in [6, 6.07) is 11.5. The Morgan fingerprint density at radius 2 is 2.06 bits per heavy atom. The van der Waals surface area contributed by atoms with Gasteiger partial charge in [0.2, 0.25) is 0 Å². The molecule has 1 atom stereocenters. The lowest BCUT2D eigenvalue weighted by molar-refractivity contribution is -0.120. The molecule has 2 aromatic carbocycles. The third-order valence-electron chi connectivity index (χ3n) is 6.17. The Hall–Kier alpha value is -3.72. The number of hydrogen-bond donors (Lipinski definition) is 2. The molecule has 35 heavy (non-hydrogen) atoms. The van der Waals surface area contributed by atoms with Gasteiger partial charge in [-0.15, -0.1) is 0 Å². The van der Waals surface area contributed by atoms with E-state index >= 15 is 0 Å². The van der Waals surface area contributed by atoms with Crippen LogP contribution < -0.4 is 20.4 Å². The Morgan fingerprint density at radius 3 is 2.71 bits per heavy atom. The summed E-state index contributed by atoms with van der Waals surface area (Å²) in [5.41, 5.74) is 9.84. The SMILES string of the molecule is COc1cc(C=C2CCCN3C2=NC(=O)C(C)N3c2ccc(F)cc2)ccc1N(CN)CC(C)=N. The predicted octanol–water partition coefficient (Wildman–Crippen LogP) is 3.82. The van der Waals surface area contributed by atoms with E-state index in [1.54, 1.807) is 26.2 Å². The molecular weight excluding hydrogens is 447 g/mol. The Balaban J connectivity index is 1.69. The average Bonchev–Trinajstić information content (AvgIpc) is 2.84. The average molecular weight is 479 g/mol. The molecule has 8 nitrogen and oxygen atoms in total. The number of piperidine rings is 1. The van der Waals surface area contributed by atoms with Crippen LogP contribution in [-0.4, -0.2) is 55.4 Å². The Bertz CT molecular complexity index is 1180. The summed E-state index contributed by atoms with van der Waals surface area (Å²) in [5, 5.41) is 11.7. The van der Waals surface area contributed by atoms with Crippen molar-refractivity contribution in [2.75, 3.05) is 36.8 Å². The van der Waals surface area contributed by atoms with Crippen LogP contribution in [0.2, 0.25) is 0 Å². The molecule has 1 amide bonds. The number of hydrazine groups is 1. The number of nitrogens with two attached hydrogens (primary N) is 1. The lowest BCUT2D eigenvalue weighted by Gasteiger charge is -2.46. The molecule has 2 heterocycles. The van der Waals surface area contributed by atoms with E-state index < -0.39 is 6.04 Å². The highest BCUT2D eigenvalue weighted by Gasteiger charge is 2.37. The van der Waals surface area contributed by atoms with Gasteiger partial charge in [-0.25, -0.2) is 4.39 Å². The fourth-order valence-corrected chi connectivity index (χ4v) is 4.53. The van der Waals surface area contributed by atoms with Gasteiger partial charge < -0.3 is 20.8 Å². The second-order valence-electron chi connectivity index (χ2n) is 8.76. The minimum Gasteiger partial charge on any atom is -0.495 e. The van der Waals surface area contributed by atoms with Gasteiger partial charge in [0.25, 0.3) is 5.91 Å². The summed E-state index contributed by atoms with van der Waals surface area (Å²) < 4.78 is 19.2. The molecule has 0 aliphatic carbocycles. The van der Waals surface area contributed by atoms with Crippen molar-refractivity contribution in [3.05, 3.63) is 59.4 Å². The first kappa shape index (κ1) is 24.4. The van der Waals surface area contributed by atoms with Crippen LogP contribution in [0.4, 0.5) is 15.8 Å². The number of amidine groups is 1. The van der Waals surface area contributed by atoms with E-state index in [9.17, 15) is 9.18 Å². The Labute approximate surface area is 205 Å². The van der Waals surface area contributed by atoms with Crippen LogP contribution in [0.25, 0.3) is 6.08 Å². The number of ether oxygens (including phenoxy) is 1. The quantitative estimate of drug-likeness (QED) is 0.464. The summed E-state index contributed by atoms with van der Waals surface area (Å²) in [6.07, 6.45) is 3.69. The highest BCUT2D eigenvalue weighted by atomic mass is 19.1. The number of carbonyl (C=O) groups is 1. The van der Waals surface area contributed by atoms with Crippen LogP contribution in [0.1, 0.15) is 32.3 Å². The van der Waals surface area contributed by atoms with Crippen molar-refractivity contribution in [3.8, 4) is 5.75 Å². The largest absolute Gasteiger partial charge is 0.495 e. The van der Waals surface area contributed by atoms with Gasteiger partial charge >= 0.3 is 0 Å². The highest BCUT2D eigenvalue weighted by Crippen LogP contribution is 2.33. The van der Waals surface area contributed by atoms with Gasteiger partial charge in [0.15, 0.2) is 5.84 Å². The molecule has 2 aromatic rings. The van der Waals surface area contributed by atoms with E-state index in [-0.39, 0.29) is 18.4 Å². The summed E-state index contributed by atoms with van der Waals surface area (Å²) in [7, 11) is 1.61. The van der Waals surface area contributed by atoms with Gasteiger partial charge in [-0.3, -0.25) is 14.8 Å². The third-order valence-corrected chi connectivity index (χ3v) is 6.17. The maximum absolute atomic E-state index is 13.5. The number of fused-ring (bicyclic) bond motifs is 1. The van der Waals surface area contributed by atoms with Crippen LogP contribution in [0.3, 0.4) is 0 Å². The fraction of sp³-hybridized carbons (Fsp3) is 0.346. The van der Waals surface area contributed by atoms with Crippen molar-refractivity contribution in [1.82, 2.24) is 5.01 Å². The Morgan fingerprint density at radius 1 is 1.31 bits per heavy atom. The van der Waals surface area contributed by atoms with Crippen molar-refractivity contribution < 1.29 is 13.9 Å². The smallest absolute Gasteiger partial charge is 0.272 e. The maximum atomic E-state index is 13.5. The number of benzene rings is 2. The van der Waals surface area contributed by atoms with Crippen LogP contribution >= 0.6 is 0 Å². The number of anilines is 2. The third kappa shape index (κ3) is 5.05. The first-order valence-electron chi connectivity index (χ1n) is 11.6. The number of amides is 1. The number of aliphatic imine (C=N–C) groups is 1. The van der Waals surface area contributed by atoms with E-state index in [2.05, 4.69) is 4.99 Å². The predicted molar refractivity (Wildman–Crippen MR) is 137 cm³/mol. The van der Waals surface area contributed by atoms with Crippen molar-refractivity contribution in [1.29, 1.82) is 5.41 Å². The van der Waals surface area contributed by atoms with Crippen LogP contribution in [-0.2, 0) is 4.79 Å². The van der Waals surface area contributed by atoms with Crippen LogP contribution in [0.15, 0.2) is 53.0 Å². The molecule has 2 aliphatic rings. The zero-order chi connectivity index (χ0) is 25.1. The fourth-order valence-electron chi connectivity index (χ4n) is 4.53. The van der Waals surface area contributed by atoms with E-state index in [0.717, 1.165) is 35.4 Å². The molecule has 184 valence electrons. The molecule has 9 heteroatoms. The van der Waals surface area contributed by atoms with E-state index in [1.807, 2.05) is 46.1 Å². The first-order valence-corrected chi connectivity index (χ1v) is 11.6. The number of rotatable bonds is 7. The summed E-state index contributed by atoms with van der Waals surface area (Å²) in [5.74, 6) is 0.720. The monoisotopic (exact) mass is 478 g/mol. The zero-order valence-electron chi connectivity index (χ0n) is 20.3. The van der Waals surface area contributed by atoms with Gasteiger partial charge in [0, 0.05) is 12.3 Å². The lowest BCUT2D eigenvalue weighted by Crippen LogP contribution is -2.59. The van der Waals surface area contributed by atoms with Crippen molar-refractivity contribution in [3.63, 3.8) is 0 Å². The molecule has 0 radical (unpaired) electrons. The number of nitrogens with zero attached hydrogens (tertiary/aromatic N) is 4. The molecular formula is C26H31FN6O2. The number of carbonyl (C=O) groups excluding carboxylic acids is 1. The molecule has 1 saturated heterocycles. The minimum absolute atomic E-state index is 0.234. The summed E-state index contributed by atoms with van der Waals surface area (Å²) in [4.78, 5) is 19.1. The molecule has 0 saturated carbocycles. The maximum Gasteiger partial charge on any atom is 0.272 e. The Kier molecular flexibility index (Phi) is 7.16. The number of nitrogens with one attached hydrogen (secondary N) is 1. The molecule has 2 aliphatic heterocycles. The summed E-state index contributed by atoms with van der Waals surface area (Å²) in [6.45, 7) is 4.94. The number of methoxy groups -OCH3 is 1. The van der Waals surface area contributed by atoms with Crippen molar-refractivity contribution in [2.24, 2.45) is 10.7 Å². The number of hydrogen-bond acceptors (Lipinski definition) is 7. The van der Waals surface area contributed by atoms with E-state index in [1.165, 1.54) is 12.1 Å². The lowest BCUT2D eigenvalue weighted by atomic mass is 9.99. The normalized spacial score (nSPS) is 18.9. The first-order chi connectivity index (χ1) is 16.8.